The van der Waals surface area contributed by atoms with Gasteiger partial charge in [-0.25, -0.2) is 0 Å². The third-order valence-corrected chi connectivity index (χ3v) is 5.34. The normalized spacial score (nSPS) is 11.5. The van der Waals surface area contributed by atoms with Crippen LogP contribution < -0.4 is 0 Å². The molecule has 5 nitrogen and oxygen atoms in total. The minimum Gasteiger partial charge on any atom is -0.274 e. The molecule has 1 aromatic carbocycles. The van der Waals surface area contributed by atoms with Gasteiger partial charge < -0.3 is 0 Å². The Hall–Kier alpha value is -2.38. The molecule has 3 rings (SSSR count). The Labute approximate surface area is 149 Å². The van der Waals surface area contributed by atoms with E-state index in [9.17, 15) is 13.2 Å². The smallest absolute Gasteiger partial charge is 0.274 e. The molecule has 0 aliphatic carbocycles. The molecular weight excluding hydrogens is 371 g/mol. The van der Waals surface area contributed by atoms with Crippen LogP contribution in [0.3, 0.4) is 0 Å². The van der Waals surface area contributed by atoms with Crippen LogP contribution >= 0.6 is 23.1 Å². The second-order valence-electron chi connectivity index (χ2n) is 5.03. The monoisotopic (exact) mass is 381 g/mol. The number of halogens is 3. The van der Waals surface area contributed by atoms with Crippen LogP contribution in [0.25, 0.3) is 10.6 Å². The van der Waals surface area contributed by atoms with Crippen LogP contribution in [0.1, 0.15) is 16.8 Å². The van der Waals surface area contributed by atoms with Crippen molar-refractivity contribution in [1.82, 2.24) is 20.0 Å². The van der Waals surface area contributed by atoms with Gasteiger partial charge >= 0.3 is 6.18 Å². The number of nitriles is 1. The molecule has 2 heterocycles. The van der Waals surface area contributed by atoms with Crippen molar-refractivity contribution < 1.29 is 13.2 Å². The highest BCUT2D eigenvalue weighted by atomic mass is 32.2. The number of aromatic nitrogens is 4. The molecule has 0 fully saturated rings. The van der Waals surface area contributed by atoms with E-state index < -0.39 is 11.9 Å². The van der Waals surface area contributed by atoms with E-state index in [1.54, 1.807) is 12.1 Å². The quantitative estimate of drug-likeness (QED) is 0.636. The first-order chi connectivity index (χ1) is 11.9. The SMILES string of the molecule is Cn1cc(-c2nnc(SCc3ccc(C#N)cc3)s2)c(C(F)(F)F)n1. The number of benzene rings is 1. The highest BCUT2D eigenvalue weighted by molar-refractivity contribution is 8.00. The van der Waals surface area contributed by atoms with Crippen molar-refractivity contribution in [3.8, 4) is 16.6 Å². The van der Waals surface area contributed by atoms with Gasteiger partial charge in [-0.3, -0.25) is 4.68 Å². The molecule has 10 heteroatoms. The van der Waals surface area contributed by atoms with Crippen molar-refractivity contribution in [1.29, 1.82) is 5.26 Å². The molecule has 0 atom stereocenters. The lowest BCUT2D eigenvalue weighted by atomic mass is 10.2. The summed E-state index contributed by atoms with van der Waals surface area (Å²) in [5, 5.41) is 20.2. The number of thioether (sulfide) groups is 1. The van der Waals surface area contributed by atoms with Crippen LogP contribution in [0.4, 0.5) is 13.2 Å². The Balaban J connectivity index is 1.76. The van der Waals surface area contributed by atoms with E-state index in [0.29, 0.717) is 15.7 Å². The Bertz CT molecular complexity index is 922. The molecule has 0 aliphatic rings. The maximum atomic E-state index is 13.0. The van der Waals surface area contributed by atoms with Gasteiger partial charge in [0.2, 0.25) is 0 Å². The van der Waals surface area contributed by atoms with Crippen molar-refractivity contribution >= 4 is 23.1 Å². The van der Waals surface area contributed by atoms with E-state index >= 15 is 0 Å². The number of aryl methyl sites for hydroxylation is 1. The highest BCUT2D eigenvalue weighted by Crippen LogP contribution is 2.38. The molecule has 0 unspecified atom stereocenters. The van der Waals surface area contributed by atoms with Crippen molar-refractivity contribution in [2.45, 2.75) is 16.3 Å². The predicted octanol–water partition coefficient (Wildman–Crippen LogP) is 4.12. The zero-order valence-electron chi connectivity index (χ0n) is 12.8. The fourth-order valence-corrected chi connectivity index (χ4v) is 3.87. The van der Waals surface area contributed by atoms with Crippen molar-refractivity contribution in [2.75, 3.05) is 0 Å². The number of nitrogens with zero attached hydrogens (tertiary/aromatic N) is 5. The average Bonchev–Trinajstić information content (AvgIpc) is 3.19. The van der Waals surface area contributed by atoms with Crippen LogP contribution in [0.2, 0.25) is 0 Å². The number of alkyl halides is 3. The lowest BCUT2D eigenvalue weighted by Crippen LogP contribution is -2.08. The van der Waals surface area contributed by atoms with E-state index in [1.807, 2.05) is 18.2 Å². The van der Waals surface area contributed by atoms with E-state index in [0.717, 1.165) is 21.6 Å². The molecule has 3 aromatic rings. The maximum absolute atomic E-state index is 13.0. The predicted molar refractivity (Wildman–Crippen MR) is 87.8 cm³/mol. The third-order valence-electron chi connectivity index (χ3n) is 3.18. The van der Waals surface area contributed by atoms with Crippen LogP contribution in [0.15, 0.2) is 34.8 Å². The Morgan fingerprint density at radius 1 is 1.24 bits per heavy atom. The topological polar surface area (TPSA) is 67.4 Å². The molecule has 25 heavy (non-hydrogen) atoms. The highest BCUT2D eigenvalue weighted by Gasteiger charge is 2.38. The van der Waals surface area contributed by atoms with Gasteiger partial charge in [0.25, 0.3) is 0 Å². The molecule has 0 saturated heterocycles. The molecular formula is C15H10F3N5S2. The van der Waals surface area contributed by atoms with Gasteiger partial charge in [-0.15, -0.1) is 10.2 Å². The fourth-order valence-electron chi connectivity index (χ4n) is 2.05. The summed E-state index contributed by atoms with van der Waals surface area (Å²) in [4.78, 5) is 0. The minimum atomic E-state index is -4.54. The molecule has 0 bridgehead atoms. The van der Waals surface area contributed by atoms with E-state index in [1.165, 1.54) is 25.0 Å². The zero-order chi connectivity index (χ0) is 18.0. The second-order valence-corrected chi connectivity index (χ2v) is 7.23. The number of hydrogen-bond donors (Lipinski definition) is 0. The minimum absolute atomic E-state index is 0.0716. The van der Waals surface area contributed by atoms with Crippen LogP contribution in [0.5, 0.6) is 0 Å². The summed E-state index contributed by atoms with van der Waals surface area (Å²) < 4.78 is 40.8. The first kappa shape index (κ1) is 17.4. The van der Waals surface area contributed by atoms with Gasteiger partial charge in [-0.1, -0.05) is 35.2 Å². The van der Waals surface area contributed by atoms with Gasteiger partial charge in [-0.05, 0) is 17.7 Å². The third kappa shape index (κ3) is 4.00. The summed E-state index contributed by atoms with van der Waals surface area (Å²) in [5.74, 6) is 0.583. The van der Waals surface area contributed by atoms with Crippen LogP contribution in [-0.4, -0.2) is 20.0 Å². The Morgan fingerprint density at radius 2 is 1.96 bits per heavy atom. The van der Waals surface area contributed by atoms with Gasteiger partial charge in [0.05, 0.1) is 17.2 Å². The van der Waals surface area contributed by atoms with Crippen molar-refractivity contribution in [3.63, 3.8) is 0 Å². The van der Waals surface area contributed by atoms with Crippen molar-refractivity contribution in [2.24, 2.45) is 7.05 Å². The summed E-state index contributed by atoms with van der Waals surface area (Å²) >= 11 is 2.47. The summed E-state index contributed by atoms with van der Waals surface area (Å²) in [6.45, 7) is 0. The fraction of sp³-hybridized carbons (Fsp3) is 0.200. The van der Waals surface area contributed by atoms with Gasteiger partial charge in [0.1, 0.15) is 0 Å². The van der Waals surface area contributed by atoms with Gasteiger partial charge in [0, 0.05) is 19.0 Å². The van der Waals surface area contributed by atoms with E-state index in [4.69, 9.17) is 5.26 Å². The lowest BCUT2D eigenvalue weighted by Gasteiger charge is -2.03. The van der Waals surface area contributed by atoms with E-state index in [-0.39, 0.29) is 10.6 Å². The average molecular weight is 381 g/mol. The van der Waals surface area contributed by atoms with Crippen molar-refractivity contribution in [3.05, 3.63) is 47.3 Å². The number of hydrogen-bond acceptors (Lipinski definition) is 6. The Kier molecular flexibility index (Phi) is 4.78. The molecule has 0 radical (unpaired) electrons. The second kappa shape index (κ2) is 6.85. The Morgan fingerprint density at radius 3 is 2.60 bits per heavy atom. The van der Waals surface area contributed by atoms with Crippen LogP contribution in [-0.2, 0) is 19.0 Å². The molecule has 0 amide bonds. The standard InChI is InChI=1S/C15H10F3N5S2/c1-23-7-11(12(22-23)15(16,17)18)13-20-21-14(25-13)24-8-10-4-2-9(6-19)3-5-10/h2-5,7H,8H2,1H3. The van der Waals surface area contributed by atoms with Crippen LogP contribution in [0, 0.1) is 11.3 Å². The summed E-state index contributed by atoms with van der Waals surface area (Å²) in [7, 11) is 1.43. The molecule has 2 aromatic heterocycles. The maximum Gasteiger partial charge on any atom is 0.435 e. The molecule has 0 aliphatic heterocycles. The molecule has 0 N–H and O–H groups in total. The molecule has 0 spiro atoms. The van der Waals surface area contributed by atoms with E-state index in [2.05, 4.69) is 15.3 Å². The zero-order valence-corrected chi connectivity index (χ0v) is 14.4. The van der Waals surface area contributed by atoms with Gasteiger partial charge in [0.15, 0.2) is 15.0 Å². The molecule has 128 valence electrons. The summed E-state index contributed by atoms with van der Waals surface area (Å²) in [5.41, 5.74) is 0.522. The molecule has 0 saturated carbocycles. The lowest BCUT2D eigenvalue weighted by molar-refractivity contribution is -0.140. The number of rotatable bonds is 4. The summed E-state index contributed by atoms with van der Waals surface area (Å²) in [6, 6.07) is 9.13. The first-order valence-electron chi connectivity index (χ1n) is 6.93. The largest absolute Gasteiger partial charge is 0.435 e. The first-order valence-corrected chi connectivity index (χ1v) is 8.73. The summed E-state index contributed by atoms with van der Waals surface area (Å²) in [6.07, 6.45) is -3.25. The van der Waals surface area contributed by atoms with Gasteiger partial charge in [-0.2, -0.15) is 23.5 Å².